The van der Waals surface area contributed by atoms with Gasteiger partial charge in [-0.15, -0.1) is 0 Å². The molecule has 0 bridgehead atoms. The maximum absolute atomic E-state index is 12.1. The molecule has 0 saturated heterocycles. The predicted molar refractivity (Wildman–Crippen MR) is 80.3 cm³/mol. The van der Waals surface area contributed by atoms with Crippen LogP contribution in [-0.2, 0) is 16.0 Å². The number of nitrogens with two attached hydrogens (primary N) is 1. The first-order valence-electron chi connectivity index (χ1n) is 7.60. The number of rotatable bonds is 5. The zero-order valence-corrected chi connectivity index (χ0v) is 12.3. The summed E-state index contributed by atoms with van der Waals surface area (Å²) in [7, 11) is 0. The van der Waals surface area contributed by atoms with Gasteiger partial charge < -0.3 is 10.5 Å². The van der Waals surface area contributed by atoms with Crippen molar-refractivity contribution in [1.29, 1.82) is 0 Å². The Morgan fingerprint density at radius 1 is 1.40 bits per heavy atom. The zero-order chi connectivity index (χ0) is 14.4. The maximum atomic E-state index is 12.1. The largest absolute Gasteiger partial charge is 0.464 e. The van der Waals surface area contributed by atoms with Crippen LogP contribution in [0.15, 0.2) is 30.3 Å². The van der Waals surface area contributed by atoms with E-state index in [0.717, 1.165) is 32.1 Å². The van der Waals surface area contributed by atoms with E-state index in [9.17, 15) is 4.79 Å². The first-order valence-corrected chi connectivity index (χ1v) is 7.60. The summed E-state index contributed by atoms with van der Waals surface area (Å²) in [6.07, 6.45) is 5.49. The highest BCUT2D eigenvalue weighted by Crippen LogP contribution is 2.31. The molecule has 1 aliphatic rings. The van der Waals surface area contributed by atoms with Crippen LogP contribution in [0.25, 0.3) is 0 Å². The molecule has 20 heavy (non-hydrogen) atoms. The average Bonchev–Trinajstić information content (AvgIpc) is 2.44. The zero-order valence-electron chi connectivity index (χ0n) is 12.3. The minimum atomic E-state index is -0.746. The van der Waals surface area contributed by atoms with Gasteiger partial charge in [-0.25, -0.2) is 0 Å². The third-order valence-electron chi connectivity index (χ3n) is 4.12. The Kier molecular flexibility index (Phi) is 5.18. The van der Waals surface area contributed by atoms with E-state index in [2.05, 4.69) is 19.1 Å². The second-order valence-electron chi connectivity index (χ2n) is 6.08. The Labute approximate surface area is 121 Å². The second kappa shape index (κ2) is 6.89. The lowest BCUT2D eigenvalue weighted by Gasteiger charge is -2.34. The van der Waals surface area contributed by atoms with Gasteiger partial charge in [0.1, 0.15) is 5.54 Å². The lowest BCUT2D eigenvalue weighted by atomic mass is 9.77. The summed E-state index contributed by atoms with van der Waals surface area (Å²) in [4.78, 5) is 12.1. The van der Waals surface area contributed by atoms with Gasteiger partial charge in [0, 0.05) is 0 Å². The summed E-state index contributed by atoms with van der Waals surface area (Å²) in [5.74, 6) is 0.308. The third kappa shape index (κ3) is 4.07. The number of carbonyl (C=O) groups is 1. The molecule has 0 amide bonds. The van der Waals surface area contributed by atoms with Gasteiger partial charge in [-0.1, -0.05) is 50.1 Å². The fourth-order valence-corrected chi connectivity index (χ4v) is 3.01. The van der Waals surface area contributed by atoms with E-state index in [0.29, 0.717) is 12.5 Å². The van der Waals surface area contributed by atoms with Crippen LogP contribution in [0.3, 0.4) is 0 Å². The van der Waals surface area contributed by atoms with Gasteiger partial charge in [-0.2, -0.15) is 0 Å². The van der Waals surface area contributed by atoms with E-state index in [1.54, 1.807) is 0 Å². The van der Waals surface area contributed by atoms with E-state index in [1.807, 2.05) is 18.2 Å². The lowest BCUT2D eigenvalue weighted by Crippen LogP contribution is -2.52. The van der Waals surface area contributed by atoms with Crippen LogP contribution in [0, 0.1) is 5.92 Å². The quantitative estimate of drug-likeness (QED) is 0.663. The van der Waals surface area contributed by atoms with Crippen molar-refractivity contribution >= 4 is 5.97 Å². The Bertz CT molecular complexity index is 432. The van der Waals surface area contributed by atoms with Gasteiger partial charge >= 0.3 is 5.97 Å². The van der Waals surface area contributed by atoms with Gasteiger partial charge in [0.25, 0.3) is 0 Å². The molecule has 1 aromatic carbocycles. The first kappa shape index (κ1) is 15.0. The monoisotopic (exact) mass is 275 g/mol. The van der Waals surface area contributed by atoms with E-state index in [4.69, 9.17) is 10.5 Å². The van der Waals surface area contributed by atoms with Crippen LogP contribution < -0.4 is 5.73 Å². The van der Waals surface area contributed by atoms with E-state index in [1.165, 1.54) is 12.0 Å². The molecule has 0 heterocycles. The summed E-state index contributed by atoms with van der Waals surface area (Å²) < 4.78 is 5.39. The number of hydrogen-bond donors (Lipinski definition) is 1. The Morgan fingerprint density at radius 2 is 2.15 bits per heavy atom. The molecule has 3 heteroatoms. The van der Waals surface area contributed by atoms with Crippen LogP contribution >= 0.6 is 0 Å². The topological polar surface area (TPSA) is 52.3 Å². The molecule has 1 aliphatic carbocycles. The summed E-state index contributed by atoms with van der Waals surface area (Å²) in [6, 6.07) is 10.2. The van der Waals surface area contributed by atoms with E-state index < -0.39 is 5.54 Å². The molecule has 1 fully saturated rings. The molecule has 1 aromatic rings. The van der Waals surface area contributed by atoms with Crippen molar-refractivity contribution in [3.8, 4) is 0 Å². The van der Waals surface area contributed by atoms with Crippen LogP contribution in [0.4, 0.5) is 0 Å². The predicted octanol–water partition coefficient (Wildman–Crippen LogP) is 3.07. The van der Waals surface area contributed by atoms with Crippen molar-refractivity contribution in [2.75, 3.05) is 6.61 Å². The van der Waals surface area contributed by atoms with Gasteiger partial charge in [0.15, 0.2) is 0 Å². The minimum Gasteiger partial charge on any atom is -0.464 e. The molecule has 2 rings (SSSR count). The Balaban J connectivity index is 1.72. The fourth-order valence-electron chi connectivity index (χ4n) is 3.01. The van der Waals surface area contributed by atoms with Crippen molar-refractivity contribution in [3.63, 3.8) is 0 Å². The number of benzene rings is 1. The molecule has 1 saturated carbocycles. The van der Waals surface area contributed by atoms with Crippen molar-refractivity contribution in [3.05, 3.63) is 35.9 Å². The lowest BCUT2D eigenvalue weighted by molar-refractivity contribution is -0.152. The van der Waals surface area contributed by atoms with Crippen molar-refractivity contribution in [2.24, 2.45) is 11.7 Å². The number of carbonyl (C=O) groups excluding carboxylic acids is 1. The summed E-state index contributed by atoms with van der Waals surface area (Å²) in [5, 5.41) is 0. The van der Waals surface area contributed by atoms with Gasteiger partial charge in [-0.05, 0) is 37.2 Å². The molecule has 110 valence electrons. The molecular weight excluding hydrogens is 250 g/mol. The summed E-state index contributed by atoms with van der Waals surface area (Å²) >= 11 is 0. The molecule has 3 nitrogen and oxygen atoms in total. The molecule has 0 radical (unpaired) electrons. The number of ether oxygens (including phenoxy) is 1. The molecule has 0 aromatic heterocycles. The average molecular weight is 275 g/mol. The highest BCUT2D eigenvalue weighted by Gasteiger charge is 2.39. The van der Waals surface area contributed by atoms with Crippen LogP contribution in [0.1, 0.15) is 44.6 Å². The molecule has 2 unspecified atom stereocenters. The SMILES string of the molecule is CC1CCCC(N)(C(=O)OCCCc2ccccc2)C1. The van der Waals surface area contributed by atoms with E-state index >= 15 is 0 Å². The summed E-state index contributed by atoms with van der Waals surface area (Å²) in [6.45, 7) is 2.62. The number of hydrogen-bond acceptors (Lipinski definition) is 3. The van der Waals surface area contributed by atoms with Crippen LogP contribution in [0.2, 0.25) is 0 Å². The molecule has 2 atom stereocenters. The molecular formula is C17H25NO2. The number of esters is 1. The Morgan fingerprint density at radius 3 is 2.85 bits per heavy atom. The smallest absolute Gasteiger partial charge is 0.326 e. The van der Waals surface area contributed by atoms with Gasteiger partial charge in [-0.3, -0.25) is 4.79 Å². The van der Waals surface area contributed by atoms with Gasteiger partial charge in [0.2, 0.25) is 0 Å². The fraction of sp³-hybridized carbons (Fsp3) is 0.588. The van der Waals surface area contributed by atoms with Gasteiger partial charge in [0.05, 0.1) is 6.61 Å². The molecule has 2 N–H and O–H groups in total. The van der Waals surface area contributed by atoms with E-state index in [-0.39, 0.29) is 5.97 Å². The number of aryl methyl sites for hydroxylation is 1. The second-order valence-corrected chi connectivity index (χ2v) is 6.08. The Hall–Kier alpha value is -1.35. The first-order chi connectivity index (χ1) is 9.60. The highest BCUT2D eigenvalue weighted by molar-refractivity contribution is 5.80. The van der Waals surface area contributed by atoms with Crippen LogP contribution in [0.5, 0.6) is 0 Å². The molecule has 0 aliphatic heterocycles. The normalized spacial score (nSPS) is 26.2. The molecule has 0 spiro atoms. The summed E-state index contributed by atoms with van der Waals surface area (Å²) in [5.41, 5.74) is 6.74. The standard InChI is InChI=1S/C17H25NO2/c1-14-7-5-11-17(18,13-14)16(19)20-12-6-10-15-8-3-2-4-9-15/h2-4,8-9,14H,5-7,10-13,18H2,1H3. The van der Waals surface area contributed by atoms with Crippen molar-refractivity contribution in [1.82, 2.24) is 0 Å². The van der Waals surface area contributed by atoms with Crippen molar-refractivity contribution in [2.45, 2.75) is 51.0 Å². The third-order valence-corrected chi connectivity index (χ3v) is 4.12. The van der Waals surface area contributed by atoms with Crippen molar-refractivity contribution < 1.29 is 9.53 Å². The van der Waals surface area contributed by atoms with Crippen LogP contribution in [-0.4, -0.2) is 18.1 Å². The maximum Gasteiger partial charge on any atom is 0.326 e. The highest BCUT2D eigenvalue weighted by atomic mass is 16.5. The minimum absolute atomic E-state index is 0.211.